The van der Waals surface area contributed by atoms with Gasteiger partial charge in [0.05, 0.1) is 12.2 Å². The summed E-state index contributed by atoms with van der Waals surface area (Å²) in [5, 5.41) is 9.13. The van der Waals surface area contributed by atoms with Gasteiger partial charge in [-0.25, -0.2) is 0 Å². The second kappa shape index (κ2) is 6.47. The van der Waals surface area contributed by atoms with E-state index in [1.807, 2.05) is 32.0 Å². The average Bonchev–Trinajstić information content (AvgIpc) is 3.01. The fourth-order valence-corrected chi connectivity index (χ4v) is 2.08. The number of anilines is 1. The van der Waals surface area contributed by atoms with E-state index in [1.165, 1.54) is 11.2 Å². The highest BCUT2D eigenvalue weighted by Crippen LogP contribution is 2.22. The zero-order valence-corrected chi connectivity index (χ0v) is 12.9. The van der Waals surface area contributed by atoms with Gasteiger partial charge in [-0.1, -0.05) is 13.0 Å². The zero-order valence-electron chi connectivity index (χ0n) is 12.9. The van der Waals surface area contributed by atoms with Crippen LogP contribution in [0, 0.1) is 19.8 Å². The summed E-state index contributed by atoms with van der Waals surface area (Å²) < 4.78 is 5.16. The van der Waals surface area contributed by atoms with Crippen molar-refractivity contribution in [3.63, 3.8) is 0 Å². The molecule has 1 heterocycles. The molecule has 22 heavy (non-hydrogen) atoms. The lowest BCUT2D eigenvalue weighted by Crippen LogP contribution is -2.37. The van der Waals surface area contributed by atoms with Crippen LogP contribution < -0.4 is 4.90 Å². The number of nitrogens with zero attached hydrogens (tertiary/aromatic N) is 1. The Kier molecular flexibility index (Phi) is 4.65. The molecular formula is C17H19NO4. The number of hydrogen-bond acceptors (Lipinski definition) is 3. The van der Waals surface area contributed by atoms with Gasteiger partial charge in [0.15, 0.2) is 5.76 Å². The fraction of sp³-hybridized carbons (Fsp3) is 0.294. The second-order valence-electron chi connectivity index (χ2n) is 5.40. The van der Waals surface area contributed by atoms with Crippen LogP contribution in [-0.2, 0) is 4.79 Å². The lowest BCUT2D eigenvalue weighted by Gasteiger charge is -2.24. The SMILES string of the molecule is Cc1ccc(N(CC(C)C(=O)O)C(=O)c2ccco2)cc1C. The summed E-state index contributed by atoms with van der Waals surface area (Å²) >= 11 is 0. The van der Waals surface area contributed by atoms with E-state index in [9.17, 15) is 9.59 Å². The quantitative estimate of drug-likeness (QED) is 0.920. The van der Waals surface area contributed by atoms with Crippen LogP contribution in [0.4, 0.5) is 5.69 Å². The van der Waals surface area contributed by atoms with E-state index in [-0.39, 0.29) is 18.2 Å². The first kappa shape index (κ1) is 15.8. The average molecular weight is 301 g/mol. The van der Waals surface area contributed by atoms with Crippen LogP contribution in [0.2, 0.25) is 0 Å². The van der Waals surface area contributed by atoms with Crippen molar-refractivity contribution in [1.29, 1.82) is 0 Å². The van der Waals surface area contributed by atoms with Gasteiger partial charge in [0.1, 0.15) is 0 Å². The number of carboxylic acid groups (broad SMARTS) is 1. The number of carbonyl (C=O) groups is 2. The fourth-order valence-electron chi connectivity index (χ4n) is 2.08. The third kappa shape index (κ3) is 3.36. The van der Waals surface area contributed by atoms with E-state index >= 15 is 0 Å². The van der Waals surface area contributed by atoms with Gasteiger partial charge in [-0.3, -0.25) is 9.59 Å². The first-order chi connectivity index (χ1) is 10.4. The smallest absolute Gasteiger partial charge is 0.308 e. The minimum absolute atomic E-state index is 0.0807. The van der Waals surface area contributed by atoms with E-state index in [4.69, 9.17) is 9.52 Å². The number of aryl methyl sites for hydroxylation is 2. The van der Waals surface area contributed by atoms with Gasteiger partial charge in [0.2, 0.25) is 0 Å². The topological polar surface area (TPSA) is 70.8 Å². The van der Waals surface area contributed by atoms with Crippen LogP contribution in [0.5, 0.6) is 0 Å². The Bertz CT molecular complexity index is 676. The molecule has 1 atom stereocenters. The normalized spacial score (nSPS) is 12.0. The summed E-state index contributed by atoms with van der Waals surface area (Å²) in [5.41, 5.74) is 2.82. The van der Waals surface area contributed by atoms with Gasteiger partial charge in [0.25, 0.3) is 5.91 Å². The number of hydrogen-bond donors (Lipinski definition) is 1. The minimum atomic E-state index is -0.943. The summed E-state index contributed by atoms with van der Waals surface area (Å²) in [5.74, 6) is -1.78. The summed E-state index contributed by atoms with van der Waals surface area (Å²) in [7, 11) is 0. The number of amides is 1. The van der Waals surface area contributed by atoms with Gasteiger partial charge in [-0.15, -0.1) is 0 Å². The molecule has 0 saturated heterocycles. The number of rotatable bonds is 5. The number of carboxylic acids is 1. The largest absolute Gasteiger partial charge is 0.481 e. The van der Waals surface area contributed by atoms with Gasteiger partial charge >= 0.3 is 5.97 Å². The number of carbonyl (C=O) groups excluding carboxylic acids is 1. The van der Waals surface area contributed by atoms with Gasteiger partial charge in [-0.05, 0) is 49.2 Å². The molecule has 5 heteroatoms. The maximum absolute atomic E-state index is 12.6. The van der Waals surface area contributed by atoms with E-state index in [0.29, 0.717) is 5.69 Å². The Balaban J connectivity index is 2.38. The van der Waals surface area contributed by atoms with Crippen LogP contribution in [0.1, 0.15) is 28.6 Å². The molecule has 2 aromatic rings. The van der Waals surface area contributed by atoms with E-state index in [1.54, 1.807) is 19.1 Å². The summed E-state index contributed by atoms with van der Waals surface area (Å²) in [6, 6.07) is 8.81. The molecule has 0 aliphatic rings. The van der Waals surface area contributed by atoms with Crippen LogP contribution in [0.3, 0.4) is 0 Å². The number of aliphatic carboxylic acids is 1. The summed E-state index contributed by atoms with van der Waals surface area (Å²) in [6.07, 6.45) is 1.42. The Morgan fingerprint density at radius 3 is 2.50 bits per heavy atom. The molecule has 116 valence electrons. The Labute approximate surface area is 129 Å². The molecule has 0 spiro atoms. The highest BCUT2D eigenvalue weighted by Gasteiger charge is 2.25. The predicted molar refractivity (Wildman–Crippen MR) is 83.1 cm³/mol. The second-order valence-corrected chi connectivity index (χ2v) is 5.40. The Hall–Kier alpha value is -2.56. The Morgan fingerprint density at radius 1 is 1.23 bits per heavy atom. The lowest BCUT2D eigenvalue weighted by atomic mass is 10.1. The van der Waals surface area contributed by atoms with E-state index in [0.717, 1.165) is 11.1 Å². The van der Waals surface area contributed by atoms with Crippen LogP contribution in [-0.4, -0.2) is 23.5 Å². The molecule has 1 aromatic heterocycles. The molecule has 1 aromatic carbocycles. The molecule has 1 amide bonds. The summed E-state index contributed by atoms with van der Waals surface area (Å²) in [4.78, 5) is 25.2. The van der Waals surface area contributed by atoms with Crippen molar-refractivity contribution >= 4 is 17.6 Å². The van der Waals surface area contributed by atoms with E-state index < -0.39 is 11.9 Å². The summed E-state index contributed by atoms with van der Waals surface area (Å²) in [6.45, 7) is 5.59. The zero-order chi connectivity index (χ0) is 16.3. The van der Waals surface area contributed by atoms with Crippen molar-refractivity contribution in [3.8, 4) is 0 Å². The predicted octanol–water partition coefficient (Wildman–Crippen LogP) is 3.26. The van der Waals surface area contributed by atoms with Gasteiger partial charge in [-0.2, -0.15) is 0 Å². The molecule has 0 saturated carbocycles. The molecule has 1 unspecified atom stereocenters. The van der Waals surface area contributed by atoms with Crippen LogP contribution >= 0.6 is 0 Å². The lowest BCUT2D eigenvalue weighted by molar-refractivity contribution is -0.140. The minimum Gasteiger partial charge on any atom is -0.481 e. The van der Waals surface area contributed by atoms with Crippen molar-refractivity contribution in [2.45, 2.75) is 20.8 Å². The first-order valence-electron chi connectivity index (χ1n) is 7.05. The van der Waals surface area contributed by atoms with Crippen molar-refractivity contribution in [2.75, 3.05) is 11.4 Å². The molecule has 0 aliphatic carbocycles. The molecule has 0 bridgehead atoms. The highest BCUT2D eigenvalue weighted by molar-refractivity contribution is 6.04. The molecule has 0 aliphatic heterocycles. The number of furan rings is 1. The molecule has 0 radical (unpaired) electrons. The van der Waals surface area contributed by atoms with Crippen molar-refractivity contribution in [1.82, 2.24) is 0 Å². The van der Waals surface area contributed by atoms with Gasteiger partial charge in [0, 0.05) is 12.2 Å². The molecule has 2 rings (SSSR count). The molecule has 5 nitrogen and oxygen atoms in total. The monoisotopic (exact) mass is 301 g/mol. The Morgan fingerprint density at radius 2 is 1.95 bits per heavy atom. The van der Waals surface area contributed by atoms with Crippen molar-refractivity contribution in [3.05, 3.63) is 53.5 Å². The third-order valence-corrected chi connectivity index (χ3v) is 3.66. The first-order valence-corrected chi connectivity index (χ1v) is 7.05. The van der Waals surface area contributed by atoms with E-state index in [2.05, 4.69) is 0 Å². The van der Waals surface area contributed by atoms with Crippen LogP contribution in [0.15, 0.2) is 41.0 Å². The maximum Gasteiger partial charge on any atom is 0.308 e. The third-order valence-electron chi connectivity index (χ3n) is 3.66. The highest BCUT2D eigenvalue weighted by atomic mass is 16.4. The maximum atomic E-state index is 12.6. The van der Waals surface area contributed by atoms with Crippen molar-refractivity contribution in [2.24, 2.45) is 5.92 Å². The standard InChI is InChI=1S/C17H19NO4/c1-11-6-7-14(9-12(11)2)18(10-13(3)17(20)21)16(19)15-5-4-8-22-15/h4-9,13H,10H2,1-3H3,(H,20,21). The van der Waals surface area contributed by atoms with Crippen LogP contribution in [0.25, 0.3) is 0 Å². The molecule has 1 N–H and O–H groups in total. The number of benzene rings is 1. The molecular weight excluding hydrogens is 282 g/mol. The van der Waals surface area contributed by atoms with Crippen molar-refractivity contribution < 1.29 is 19.1 Å². The molecule has 0 fully saturated rings. The van der Waals surface area contributed by atoms with Gasteiger partial charge < -0.3 is 14.4 Å².